The molecule has 0 saturated heterocycles. The van der Waals surface area contributed by atoms with Crippen LogP contribution in [0, 0.1) is 0 Å². The van der Waals surface area contributed by atoms with Crippen molar-refractivity contribution in [3.63, 3.8) is 0 Å². The van der Waals surface area contributed by atoms with Crippen LogP contribution in [0.15, 0.2) is 18.4 Å². The predicted octanol–water partition coefficient (Wildman–Crippen LogP) is 0.446. The van der Waals surface area contributed by atoms with Gasteiger partial charge in [0.15, 0.2) is 5.94 Å². The SMILES string of the molecule is C=CC(O)=C=O. The summed E-state index contributed by atoms with van der Waals surface area (Å²) in [5.41, 5.74) is 0. The molecule has 0 fully saturated rings. The second-order valence-electron chi connectivity index (χ2n) is 0.691. The Kier molecular flexibility index (Phi) is 1.86. The molecule has 6 heavy (non-hydrogen) atoms. The Labute approximate surface area is 35.4 Å². The standard InChI is InChI=1S/C4H4O2/c1-2-4(6)3-5/h2,6H,1H2. The fraction of sp³-hybridized carbons (Fsp3) is 0. The fourth-order valence-corrected chi connectivity index (χ4v) is 0.0417. The topological polar surface area (TPSA) is 37.3 Å². The van der Waals surface area contributed by atoms with E-state index in [0.717, 1.165) is 6.08 Å². The van der Waals surface area contributed by atoms with E-state index in [1.807, 2.05) is 0 Å². The van der Waals surface area contributed by atoms with Crippen molar-refractivity contribution in [2.75, 3.05) is 0 Å². The Morgan fingerprint density at radius 2 is 2.50 bits per heavy atom. The van der Waals surface area contributed by atoms with Crippen LogP contribution in [0.3, 0.4) is 0 Å². The van der Waals surface area contributed by atoms with Gasteiger partial charge in [-0.05, 0) is 6.08 Å². The molecule has 2 heteroatoms. The molecule has 0 radical (unpaired) electrons. The lowest BCUT2D eigenvalue weighted by Gasteiger charge is -1.69. The first-order chi connectivity index (χ1) is 2.81. The van der Waals surface area contributed by atoms with E-state index in [-0.39, 0.29) is 0 Å². The van der Waals surface area contributed by atoms with Gasteiger partial charge in [0, 0.05) is 0 Å². The van der Waals surface area contributed by atoms with E-state index in [2.05, 4.69) is 6.58 Å². The molecule has 0 spiro atoms. The van der Waals surface area contributed by atoms with Gasteiger partial charge in [-0.1, -0.05) is 6.58 Å². The number of aliphatic hydroxyl groups is 1. The molecular weight excluding hydrogens is 80.0 g/mol. The first-order valence-electron chi connectivity index (χ1n) is 1.37. The molecule has 0 unspecified atom stereocenters. The molecule has 32 valence electrons. The molecule has 0 aliphatic rings. The highest BCUT2D eigenvalue weighted by molar-refractivity contribution is 5.52. The minimum Gasteiger partial charge on any atom is -0.499 e. The first kappa shape index (κ1) is 4.99. The van der Waals surface area contributed by atoms with Gasteiger partial charge in [-0.3, -0.25) is 0 Å². The molecule has 2 nitrogen and oxygen atoms in total. The minimum atomic E-state index is -0.449. The predicted molar refractivity (Wildman–Crippen MR) is 22.0 cm³/mol. The Bertz CT molecular complexity index is 98.1. The molecule has 0 heterocycles. The second-order valence-corrected chi connectivity index (χ2v) is 0.691. The highest BCUT2D eigenvalue weighted by atomic mass is 16.3. The zero-order valence-corrected chi connectivity index (χ0v) is 3.14. The maximum Gasteiger partial charge on any atom is 0.200 e. The van der Waals surface area contributed by atoms with Crippen LogP contribution < -0.4 is 0 Å². The summed E-state index contributed by atoms with van der Waals surface area (Å²) in [5.74, 6) is 0.770. The molecule has 0 aromatic rings. The number of rotatable bonds is 1. The van der Waals surface area contributed by atoms with Crippen molar-refractivity contribution >= 4 is 5.94 Å². The molecule has 0 saturated carbocycles. The van der Waals surface area contributed by atoms with Crippen LogP contribution in [0.25, 0.3) is 0 Å². The van der Waals surface area contributed by atoms with Crippen LogP contribution in [0.2, 0.25) is 0 Å². The van der Waals surface area contributed by atoms with Crippen LogP contribution in [0.1, 0.15) is 0 Å². The van der Waals surface area contributed by atoms with Gasteiger partial charge in [0.2, 0.25) is 5.76 Å². The molecule has 0 bridgehead atoms. The van der Waals surface area contributed by atoms with Gasteiger partial charge < -0.3 is 5.11 Å². The van der Waals surface area contributed by atoms with Crippen molar-refractivity contribution in [2.45, 2.75) is 0 Å². The third kappa shape index (κ3) is 1.32. The molecule has 0 aliphatic heterocycles. The van der Waals surface area contributed by atoms with Crippen molar-refractivity contribution in [1.29, 1.82) is 0 Å². The second kappa shape index (κ2) is 2.24. The van der Waals surface area contributed by atoms with Gasteiger partial charge in [0.25, 0.3) is 0 Å². The number of hydrogen-bond donors (Lipinski definition) is 1. The van der Waals surface area contributed by atoms with Gasteiger partial charge in [-0.2, -0.15) is 0 Å². The highest BCUT2D eigenvalue weighted by Gasteiger charge is 1.72. The van der Waals surface area contributed by atoms with E-state index >= 15 is 0 Å². The summed E-state index contributed by atoms with van der Waals surface area (Å²) >= 11 is 0. The van der Waals surface area contributed by atoms with Crippen LogP contribution in [-0.4, -0.2) is 11.0 Å². The van der Waals surface area contributed by atoms with E-state index in [1.165, 1.54) is 5.94 Å². The van der Waals surface area contributed by atoms with Crippen molar-refractivity contribution in [3.05, 3.63) is 18.4 Å². The van der Waals surface area contributed by atoms with Crippen molar-refractivity contribution in [3.8, 4) is 0 Å². The average Bonchev–Trinajstić information content (AvgIpc) is 1.65. The summed E-state index contributed by atoms with van der Waals surface area (Å²) in [5, 5.41) is 8.04. The maximum atomic E-state index is 9.25. The number of aliphatic hydroxyl groups excluding tert-OH is 1. The smallest absolute Gasteiger partial charge is 0.200 e. The quantitative estimate of drug-likeness (QED) is 0.284. The van der Waals surface area contributed by atoms with Gasteiger partial charge in [0.1, 0.15) is 0 Å². The van der Waals surface area contributed by atoms with Crippen LogP contribution in [0.5, 0.6) is 0 Å². The highest BCUT2D eigenvalue weighted by Crippen LogP contribution is 1.73. The van der Waals surface area contributed by atoms with E-state index in [4.69, 9.17) is 5.11 Å². The van der Waals surface area contributed by atoms with E-state index in [0.29, 0.717) is 0 Å². The van der Waals surface area contributed by atoms with Gasteiger partial charge in [0.05, 0.1) is 0 Å². The summed E-state index contributed by atoms with van der Waals surface area (Å²) in [4.78, 5) is 9.25. The molecule has 0 atom stereocenters. The lowest BCUT2D eigenvalue weighted by atomic mass is 10.6. The summed E-state index contributed by atoms with van der Waals surface area (Å²) in [6, 6.07) is 0. The van der Waals surface area contributed by atoms with E-state index in [9.17, 15) is 4.79 Å². The van der Waals surface area contributed by atoms with Crippen molar-refractivity contribution in [1.82, 2.24) is 0 Å². The first-order valence-corrected chi connectivity index (χ1v) is 1.37. The van der Waals surface area contributed by atoms with E-state index in [1.54, 1.807) is 0 Å². The van der Waals surface area contributed by atoms with Crippen molar-refractivity contribution < 1.29 is 9.90 Å². The van der Waals surface area contributed by atoms with Crippen LogP contribution in [0.4, 0.5) is 0 Å². The maximum absolute atomic E-state index is 9.25. The number of hydrogen-bond acceptors (Lipinski definition) is 2. The summed E-state index contributed by atoms with van der Waals surface area (Å²) in [6.45, 7) is 3.08. The lowest BCUT2D eigenvalue weighted by molar-refractivity contribution is 0.431. The zero-order chi connectivity index (χ0) is 4.99. The van der Waals surface area contributed by atoms with Gasteiger partial charge in [-0.25, -0.2) is 4.79 Å². The Hall–Kier alpha value is -1.01. The third-order valence-electron chi connectivity index (χ3n) is 0.298. The summed E-state index contributed by atoms with van der Waals surface area (Å²) < 4.78 is 0. The number of carbonyl (C=O) groups excluding carboxylic acids is 1. The largest absolute Gasteiger partial charge is 0.499 e. The van der Waals surface area contributed by atoms with Crippen LogP contribution >= 0.6 is 0 Å². The number of allylic oxidation sites excluding steroid dienone is 1. The monoisotopic (exact) mass is 84.0 g/mol. The molecule has 1 N–H and O–H groups in total. The zero-order valence-electron chi connectivity index (χ0n) is 3.14. The lowest BCUT2D eigenvalue weighted by Crippen LogP contribution is -1.67. The third-order valence-corrected chi connectivity index (χ3v) is 0.298. The summed E-state index contributed by atoms with van der Waals surface area (Å²) in [7, 11) is 0. The molecule has 0 aromatic carbocycles. The van der Waals surface area contributed by atoms with Gasteiger partial charge >= 0.3 is 0 Å². The molecule has 0 amide bonds. The van der Waals surface area contributed by atoms with Crippen molar-refractivity contribution in [2.24, 2.45) is 0 Å². The molecule has 0 rings (SSSR count). The Morgan fingerprint density at radius 3 is 2.50 bits per heavy atom. The normalized spacial score (nSPS) is 6.00. The van der Waals surface area contributed by atoms with Gasteiger partial charge in [-0.15, -0.1) is 0 Å². The summed E-state index contributed by atoms with van der Waals surface area (Å²) in [6.07, 6.45) is 1.02. The van der Waals surface area contributed by atoms with Crippen LogP contribution in [-0.2, 0) is 4.79 Å². The molecule has 0 aromatic heterocycles. The van der Waals surface area contributed by atoms with E-state index < -0.39 is 5.76 Å². The molecular formula is C4H4O2. The fourth-order valence-electron chi connectivity index (χ4n) is 0.0417. The molecule has 0 aliphatic carbocycles. The minimum absolute atomic E-state index is 0.449. The Morgan fingerprint density at radius 1 is 2.00 bits per heavy atom. The average molecular weight is 84.1 g/mol. The Balaban J connectivity index is 3.86.